The molecule has 0 aromatic heterocycles. The van der Waals surface area contributed by atoms with Gasteiger partial charge < -0.3 is 10.7 Å². The van der Waals surface area contributed by atoms with Gasteiger partial charge in [-0.2, -0.15) is 0 Å². The van der Waals surface area contributed by atoms with E-state index in [2.05, 4.69) is 40.8 Å². The molecule has 0 spiro atoms. The molecule has 3 rings (SSSR count). The average Bonchev–Trinajstić information content (AvgIpc) is 3.13. The van der Waals surface area contributed by atoms with Crippen molar-refractivity contribution in [2.24, 2.45) is 4.99 Å². The molecule has 0 saturated carbocycles. The zero-order valence-corrected chi connectivity index (χ0v) is 13.6. The fourth-order valence-electron chi connectivity index (χ4n) is 3.92. The van der Waals surface area contributed by atoms with Gasteiger partial charge in [-0.3, -0.25) is 4.99 Å². The number of benzene rings is 1. The van der Waals surface area contributed by atoms with Crippen LogP contribution in [0, 0.1) is 0 Å². The van der Waals surface area contributed by atoms with Gasteiger partial charge in [-0.25, -0.2) is 5.01 Å². The minimum Gasteiger partial charge on any atom is -0.398 e. The number of anilines is 2. The summed E-state index contributed by atoms with van der Waals surface area (Å²) in [6.07, 6.45) is 8.97. The molecule has 0 amide bonds. The molecule has 2 N–H and O–H groups in total. The Hall–Kier alpha value is -1.81. The van der Waals surface area contributed by atoms with Crippen LogP contribution in [0.2, 0.25) is 0 Å². The lowest BCUT2D eigenvalue weighted by molar-refractivity contribution is 0.243. The predicted octanol–water partition coefficient (Wildman–Crippen LogP) is 3.33. The first kappa shape index (κ1) is 15.1. The number of nitrogens with zero attached hydrogens (tertiary/aromatic N) is 3. The lowest BCUT2D eigenvalue weighted by Crippen LogP contribution is -2.43. The van der Waals surface area contributed by atoms with E-state index in [1.165, 1.54) is 25.7 Å². The lowest BCUT2D eigenvalue weighted by Gasteiger charge is -2.35. The van der Waals surface area contributed by atoms with Crippen LogP contribution in [0.25, 0.3) is 6.08 Å². The molecular formula is C18H26N4. The van der Waals surface area contributed by atoms with Crippen molar-refractivity contribution in [1.29, 1.82) is 0 Å². The first-order valence-electron chi connectivity index (χ1n) is 8.24. The summed E-state index contributed by atoms with van der Waals surface area (Å²) in [5.74, 6) is 0. The van der Waals surface area contributed by atoms with Gasteiger partial charge in [0.2, 0.25) is 0 Å². The van der Waals surface area contributed by atoms with Gasteiger partial charge in [-0.15, -0.1) is 0 Å². The Balaban J connectivity index is 2.00. The van der Waals surface area contributed by atoms with E-state index in [-0.39, 0.29) is 0 Å². The molecule has 22 heavy (non-hydrogen) atoms. The molecule has 2 bridgehead atoms. The van der Waals surface area contributed by atoms with Crippen LogP contribution in [-0.4, -0.2) is 36.9 Å². The number of nitrogen functional groups attached to an aromatic ring is 1. The maximum Gasteiger partial charge on any atom is 0.0628 e. The van der Waals surface area contributed by atoms with Gasteiger partial charge >= 0.3 is 0 Å². The summed E-state index contributed by atoms with van der Waals surface area (Å²) >= 11 is 0. The van der Waals surface area contributed by atoms with Crippen molar-refractivity contribution in [3.8, 4) is 0 Å². The van der Waals surface area contributed by atoms with E-state index in [9.17, 15) is 0 Å². The van der Waals surface area contributed by atoms with Crippen molar-refractivity contribution in [2.75, 3.05) is 24.3 Å². The summed E-state index contributed by atoms with van der Waals surface area (Å²) in [4.78, 5) is 4.42. The van der Waals surface area contributed by atoms with Crippen LogP contribution in [0.5, 0.6) is 0 Å². The predicted molar refractivity (Wildman–Crippen MR) is 95.4 cm³/mol. The summed E-state index contributed by atoms with van der Waals surface area (Å²) in [5, 5.41) is 4.85. The number of aliphatic imine (C=N–C) groups is 1. The Kier molecular flexibility index (Phi) is 4.21. The Labute approximate surface area is 133 Å². The fraction of sp³-hybridized carbons (Fsp3) is 0.500. The van der Waals surface area contributed by atoms with Gasteiger partial charge in [0.15, 0.2) is 0 Å². The highest BCUT2D eigenvalue weighted by molar-refractivity contribution is 5.97. The van der Waals surface area contributed by atoms with Crippen LogP contribution >= 0.6 is 0 Å². The molecule has 1 aromatic rings. The van der Waals surface area contributed by atoms with Crippen LogP contribution in [-0.2, 0) is 0 Å². The van der Waals surface area contributed by atoms with Gasteiger partial charge in [-0.05, 0) is 44.2 Å². The maximum absolute atomic E-state index is 6.35. The molecule has 4 heteroatoms. The first-order valence-corrected chi connectivity index (χ1v) is 8.24. The first-order chi connectivity index (χ1) is 10.7. The fourth-order valence-corrected chi connectivity index (χ4v) is 3.92. The van der Waals surface area contributed by atoms with Crippen LogP contribution in [0.4, 0.5) is 11.4 Å². The third-order valence-electron chi connectivity index (χ3n) is 5.03. The highest BCUT2D eigenvalue weighted by atomic mass is 15.7. The molecule has 4 nitrogen and oxygen atoms in total. The Morgan fingerprint density at radius 2 is 1.95 bits per heavy atom. The summed E-state index contributed by atoms with van der Waals surface area (Å²) in [7, 11) is 2.16. The smallest absolute Gasteiger partial charge is 0.0628 e. The summed E-state index contributed by atoms with van der Waals surface area (Å²) < 4.78 is 0. The summed E-state index contributed by atoms with van der Waals surface area (Å²) in [6.45, 7) is 6.65. The summed E-state index contributed by atoms with van der Waals surface area (Å²) in [6, 6.07) is 5.56. The minimum absolute atomic E-state index is 0.686. The molecule has 0 aliphatic carbocycles. The molecule has 2 aliphatic rings. The van der Waals surface area contributed by atoms with Crippen molar-refractivity contribution in [1.82, 2.24) is 5.01 Å². The second-order valence-electron chi connectivity index (χ2n) is 6.20. The van der Waals surface area contributed by atoms with Crippen molar-refractivity contribution in [2.45, 2.75) is 44.7 Å². The van der Waals surface area contributed by atoms with Crippen molar-refractivity contribution < 1.29 is 0 Å². The topological polar surface area (TPSA) is 44.9 Å². The number of fused-ring (bicyclic) bond motifs is 2. The van der Waals surface area contributed by atoms with Gasteiger partial charge in [-0.1, -0.05) is 18.7 Å². The Bertz CT molecular complexity index is 573. The second kappa shape index (κ2) is 6.13. The Morgan fingerprint density at radius 3 is 2.50 bits per heavy atom. The molecule has 0 unspecified atom stereocenters. The van der Waals surface area contributed by atoms with Gasteiger partial charge in [0.1, 0.15) is 0 Å². The highest BCUT2D eigenvalue weighted by Gasteiger charge is 2.42. The normalized spacial score (nSPS) is 24.3. The van der Waals surface area contributed by atoms with E-state index in [0.29, 0.717) is 12.1 Å². The number of nitrogens with two attached hydrogens (primary N) is 1. The van der Waals surface area contributed by atoms with Crippen LogP contribution in [0.3, 0.4) is 0 Å². The maximum atomic E-state index is 6.35. The minimum atomic E-state index is 0.686. The monoisotopic (exact) mass is 298 g/mol. The quantitative estimate of drug-likeness (QED) is 0.670. The van der Waals surface area contributed by atoms with E-state index in [4.69, 9.17) is 5.73 Å². The van der Waals surface area contributed by atoms with Gasteiger partial charge in [0, 0.05) is 43.1 Å². The van der Waals surface area contributed by atoms with Gasteiger partial charge in [0.05, 0.1) is 5.69 Å². The SMILES string of the molecule is C=Cc1ccc(N(C)N2C3CCC2CC3)c(C=NCC)c1N. The molecular weight excluding hydrogens is 272 g/mol. The molecule has 0 radical (unpaired) electrons. The largest absolute Gasteiger partial charge is 0.398 e. The average molecular weight is 298 g/mol. The molecule has 1 aromatic carbocycles. The second-order valence-corrected chi connectivity index (χ2v) is 6.20. The standard InChI is InChI=1S/C18H26N4/c1-4-13-6-11-17(16(18(13)19)12-20-5-2)21(3)22-14-7-8-15(22)10-9-14/h4,6,11-12,14-15H,1,5,7-10,19H2,2-3H3. The lowest BCUT2D eigenvalue weighted by atomic mass is 10.0. The third-order valence-corrected chi connectivity index (χ3v) is 5.03. The number of hydrogen-bond donors (Lipinski definition) is 1. The van der Waals surface area contributed by atoms with E-state index in [1.54, 1.807) is 0 Å². The van der Waals surface area contributed by atoms with Crippen LogP contribution in [0.15, 0.2) is 23.7 Å². The number of hydrogen-bond acceptors (Lipinski definition) is 4. The van der Waals surface area contributed by atoms with E-state index >= 15 is 0 Å². The van der Waals surface area contributed by atoms with E-state index < -0.39 is 0 Å². The third kappa shape index (κ3) is 2.41. The van der Waals surface area contributed by atoms with Gasteiger partial charge in [0.25, 0.3) is 0 Å². The molecule has 2 fully saturated rings. The molecule has 0 atom stereocenters. The van der Waals surface area contributed by atoms with Crippen molar-refractivity contribution in [3.05, 3.63) is 29.8 Å². The van der Waals surface area contributed by atoms with Crippen LogP contribution < -0.4 is 10.7 Å². The van der Waals surface area contributed by atoms with Crippen LogP contribution in [0.1, 0.15) is 43.7 Å². The van der Waals surface area contributed by atoms with E-state index in [1.807, 2.05) is 19.2 Å². The zero-order valence-electron chi connectivity index (χ0n) is 13.6. The Morgan fingerprint density at radius 1 is 1.32 bits per heavy atom. The van der Waals surface area contributed by atoms with E-state index in [0.717, 1.165) is 29.0 Å². The highest BCUT2D eigenvalue weighted by Crippen LogP contribution is 2.40. The van der Waals surface area contributed by atoms with Crippen molar-refractivity contribution >= 4 is 23.7 Å². The molecule has 2 heterocycles. The number of hydrazine groups is 1. The van der Waals surface area contributed by atoms with Crippen molar-refractivity contribution in [3.63, 3.8) is 0 Å². The molecule has 2 aliphatic heterocycles. The molecule has 2 saturated heterocycles. The zero-order chi connectivity index (χ0) is 15.7. The molecule has 118 valence electrons. The summed E-state index contributed by atoms with van der Waals surface area (Å²) in [5.41, 5.74) is 10.2. The number of rotatable bonds is 5.